The van der Waals surface area contributed by atoms with Gasteiger partial charge in [-0.1, -0.05) is 24.3 Å². The minimum Gasteiger partial charge on any atom is -0.356 e. The number of likely N-dealkylation sites (N-methyl/N-ethyl adjacent to an activating group) is 1. The Balaban J connectivity index is 2.80. The van der Waals surface area contributed by atoms with Crippen molar-refractivity contribution in [1.29, 1.82) is 0 Å². The van der Waals surface area contributed by atoms with Gasteiger partial charge in [0.15, 0.2) is 6.29 Å². The molecule has 0 aliphatic rings. The fourth-order valence-electron chi connectivity index (χ4n) is 2.25. The number of ether oxygens (including phenoxy) is 2. The fraction of sp³-hybridized carbons (Fsp3) is 0.625. The summed E-state index contributed by atoms with van der Waals surface area (Å²) in [6.07, 6.45) is 0.502. The van der Waals surface area contributed by atoms with Crippen molar-refractivity contribution in [2.45, 2.75) is 38.6 Å². The summed E-state index contributed by atoms with van der Waals surface area (Å²) in [6, 6.07) is 8.43. The summed E-state index contributed by atoms with van der Waals surface area (Å²) in [5.74, 6) is 0. The first-order valence-corrected chi connectivity index (χ1v) is 6.98. The van der Waals surface area contributed by atoms with Crippen LogP contribution in [0.1, 0.15) is 24.5 Å². The van der Waals surface area contributed by atoms with Gasteiger partial charge in [0, 0.05) is 39.3 Å². The Bertz CT molecular complexity index is 407. The Kier molecular flexibility index (Phi) is 6.62. The molecule has 1 unspecified atom stereocenters. The lowest BCUT2D eigenvalue weighted by Crippen LogP contribution is -2.51. The second-order valence-corrected chi connectivity index (χ2v) is 5.59. The summed E-state index contributed by atoms with van der Waals surface area (Å²) in [5, 5.41) is 0. The van der Waals surface area contributed by atoms with Crippen LogP contribution >= 0.6 is 0 Å². The zero-order valence-corrected chi connectivity index (χ0v) is 13.3. The van der Waals surface area contributed by atoms with Crippen molar-refractivity contribution >= 4 is 0 Å². The molecule has 0 fully saturated rings. The highest BCUT2D eigenvalue weighted by Gasteiger charge is 2.31. The highest BCUT2D eigenvalue weighted by atomic mass is 16.7. The predicted octanol–water partition coefficient (Wildman–Crippen LogP) is 2.15. The number of methoxy groups -OCH3 is 2. The molecule has 0 heterocycles. The zero-order chi connectivity index (χ0) is 15.2. The van der Waals surface area contributed by atoms with Gasteiger partial charge in [0.1, 0.15) is 0 Å². The molecule has 0 aliphatic carbocycles. The van der Waals surface area contributed by atoms with Crippen LogP contribution in [0.5, 0.6) is 0 Å². The van der Waals surface area contributed by atoms with Crippen LogP contribution in [-0.4, -0.2) is 44.5 Å². The van der Waals surface area contributed by atoms with Crippen LogP contribution in [-0.2, 0) is 16.0 Å². The molecule has 0 aliphatic heterocycles. The van der Waals surface area contributed by atoms with Gasteiger partial charge in [0.05, 0.1) is 0 Å². The quantitative estimate of drug-likeness (QED) is 0.741. The van der Waals surface area contributed by atoms with Crippen molar-refractivity contribution in [2.75, 3.05) is 27.8 Å². The van der Waals surface area contributed by atoms with Crippen LogP contribution in [0.4, 0.5) is 0 Å². The number of nitrogens with two attached hydrogens (primary N) is 1. The topological polar surface area (TPSA) is 47.7 Å². The Labute approximate surface area is 122 Å². The lowest BCUT2D eigenvalue weighted by atomic mass is 9.94. The summed E-state index contributed by atoms with van der Waals surface area (Å²) < 4.78 is 10.6. The minimum absolute atomic E-state index is 0.168. The molecule has 0 bridgehead atoms. The smallest absolute Gasteiger partial charge is 0.158 e. The summed E-state index contributed by atoms with van der Waals surface area (Å²) in [4.78, 5) is 2.28. The van der Waals surface area contributed by atoms with Crippen molar-refractivity contribution in [3.8, 4) is 0 Å². The Morgan fingerprint density at radius 3 is 2.35 bits per heavy atom. The molecular formula is C16H28N2O2. The van der Waals surface area contributed by atoms with Crippen molar-refractivity contribution in [3.63, 3.8) is 0 Å². The molecule has 1 aromatic rings. The van der Waals surface area contributed by atoms with Crippen LogP contribution < -0.4 is 5.73 Å². The average molecular weight is 280 g/mol. The lowest BCUT2D eigenvalue weighted by Gasteiger charge is -2.40. The molecule has 2 N–H and O–H groups in total. The summed E-state index contributed by atoms with van der Waals surface area (Å²) in [5.41, 5.74) is 8.46. The molecule has 114 valence electrons. The standard InChI is InChI=1S/C16H28N2O2/c1-13-8-6-7-9-14(13)11-18(3)16(2,12-17)10-15(19-4)20-5/h6-9,15H,10-12,17H2,1-5H3. The molecule has 0 radical (unpaired) electrons. The molecule has 0 saturated heterocycles. The third kappa shape index (κ3) is 4.28. The number of hydrogen-bond donors (Lipinski definition) is 1. The van der Waals surface area contributed by atoms with Crippen LogP contribution in [0.25, 0.3) is 0 Å². The van der Waals surface area contributed by atoms with E-state index in [4.69, 9.17) is 15.2 Å². The second kappa shape index (κ2) is 7.74. The highest BCUT2D eigenvalue weighted by Crippen LogP contribution is 2.23. The van der Waals surface area contributed by atoms with Gasteiger partial charge in [-0.15, -0.1) is 0 Å². The number of rotatable bonds is 8. The van der Waals surface area contributed by atoms with Crippen LogP contribution in [0, 0.1) is 6.92 Å². The van der Waals surface area contributed by atoms with Gasteiger partial charge in [-0.3, -0.25) is 4.90 Å². The first-order valence-electron chi connectivity index (χ1n) is 6.98. The van der Waals surface area contributed by atoms with Crippen molar-refractivity contribution in [3.05, 3.63) is 35.4 Å². The van der Waals surface area contributed by atoms with Crippen LogP contribution in [0.2, 0.25) is 0 Å². The van der Waals surface area contributed by atoms with E-state index in [9.17, 15) is 0 Å². The zero-order valence-electron chi connectivity index (χ0n) is 13.3. The van der Waals surface area contributed by atoms with E-state index in [1.165, 1.54) is 11.1 Å². The Morgan fingerprint density at radius 1 is 1.25 bits per heavy atom. The molecule has 4 nitrogen and oxygen atoms in total. The Hall–Kier alpha value is -0.940. The molecule has 4 heteroatoms. The molecule has 1 atom stereocenters. The van der Waals surface area contributed by atoms with Crippen LogP contribution in [0.3, 0.4) is 0 Å². The lowest BCUT2D eigenvalue weighted by molar-refractivity contribution is -0.127. The number of nitrogens with zero attached hydrogens (tertiary/aromatic N) is 1. The van der Waals surface area contributed by atoms with Gasteiger partial charge in [-0.25, -0.2) is 0 Å². The number of benzene rings is 1. The summed E-state index contributed by atoms with van der Waals surface area (Å²) in [7, 11) is 5.42. The van der Waals surface area contributed by atoms with Gasteiger partial charge in [0.2, 0.25) is 0 Å². The van der Waals surface area contributed by atoms with E-state index in [1.807, 2.05) is 0 Å². The van der Waals surface area contributed by atoms with Crippen molar-refractivity contribution in [2.24, 2.45) is 5.73 Å². The van der Waals surface area contributed by atoms with Crippen molar-refractivity contribution in [1.82, 2.24) is 4.90 Å². The molecule has 0 amide bonds. The van der Waals surface area contributed by atoms with E-state index < -0.39 is 0 Å². The average Bonchev–Trinajstić information content (AvgIpc) is 2.46. The van der Waals surface area contributed by atoms with Gasteiger partial charge in [-0.2, -0.15) is 0 Å². The molecule has 0 saturated carbocycles. The normalized spacial score (nSPS) is 14.8. The summed E-state index contributed by atoms with van der Waals surface area (Å²) >= 11 is 0. The first-order chi connectivity index (χ1) is 9.46. The van der Waals surface area contributed by atoms with E-state index in [0.29, 0.717) is 6.54 Å². The molecule has 20 heavy (non-hydrogen) atoms. The molecular weight excluding hydrogens is 252 g/mol. The van der Waals surface area contributed by atoms with Gasteiger partial charge in [0.25, 0.3) is 0 Å². The van der Waals surface area contributed by atoms with E-state index in [-0.39, 0.29) is 11.8 Å². The number of aryl methyl sites for hydroxylation is 1. The third-order valence-electron chi connectivity index (χ3n) is 4.16. The molecule has 0 spiro atoms. The van der Waals surface area contributed by atoms with E-state index in [2.05, 4.69) is 50.1 Å². The molecule has 0 aromatic heterocycles. The van der Waals surface area contributed by atoms with Crippen LogP contribution in [0.15, 0.2) is 24.3 Å². The maximum absolute atomic E-state index is 6.00. The van der Waals surface area contributed by atoms with E-state index in [0.717, 1.165) is 13.0 Å². The SMILES string of the molecule is COC(CC(C)(CN)N(C)Cc1ccccc1C)OC. The summed E-state index contributed by atoms with van der Waals surface area (Å²) in [6.45, 7) is 5.70. The monoisotopic (exact) mass is 280 g/mol. The predicted molar refractivity (Wildman–Crippen MR) is 82.5 cm³/mol. The minimum atomic E-state index is -0.233. The molecule has 1 rings (SSSR count). The third-order valence-corrected chi connectivity index (χ3v) is 4.16. The first kappa shape index (κ1) is 17.1. The number of hydrogen-bond acceptors (Lipinski definition) is 4. The maximum Gasteiger partial charge on any atom is 0.158 e. The second-order valence-electron chi connectivity index (χ2n) is 5.59. The van der Waals surface area contributed by atoms with Gasteiger partial charge in [-0.05, 0) is 32.0 Å². The van der Waals surface area contributed by atoms with Gasteiger partial charge < -0.3 is 15.2 Å². The fourth-order valence-corrected chi connectivity index (χ4v) is 2.25. The maximum atomic E-state index is 6.00. The van der Waals surface area contributed by atoms with Gasteiger partial charge >= 0.3 is 0 Å². The van der Waals surface area contributed by atoms with Crippen molar-refractivity contribution < 1.29 is 9.47 Å². The largest absolute Gasteiger partial charge is 0.356 e. The van der Waals surface area contributed by atoms with E-state index in [1.54, 1.807) is 14.2 Å². The highest BCUT2D eigenvalue weighted by molar-refractivity contribution is 5.25. The van der Waals surface area contributed by atoms with E-state index >= 15 is 0 Å². The Morgan fingerprint density at radius 2 is 1.85 bits per heavy atom. The molecule has 1 aromatic carbocycles.